The van der Waals surface area contributed by atoms with Crippen LogP contribution in [0.3, 0.4) is 0 Å². The predicted octanol–water partition coefficient (Wildman–Crippen LogP) is 3.58. The summed E-state index contributed by atoms with van der Waals surface area (Å²) < 4.78 is 1.57. The van der Waals surface area contributed by atoms with Crippen LogP contribution in [0.15, 0.2) is 91.0 Å². The van der Waals surface area contributed by atoms with Crippen LogP contribution < -0.4 is 14.0 Å². The molecule has 0 spiro atoms. The molecule has 0 N–H and O–H groups in total. The van der Waals surface area contributed by atoms with Crippen LogP contribution in [0.1, 0.15) is 20.8 Å². The topological polar surface area (TPSA) is 0 Å². The Hall–Kier alpha value is -1.33. The van der Waals surface area contributed by atoms with E-state index < -0.39 is 5.62 Å². The van der Waals surface area contributed by atoms with E-state index in [1.54, 1.807) is 14.0 Å². The van der Waals surface area contributed by atoms with Crippen LogP contribution in [0.5, 0.6) is 0 Å². The summed E-state index contributed by atoms with van der Waals surface area (Å²) in [5.74, 6) is 0. The second-order valence-corrected chi connectivity index (χ2v) is 19.6. The predicted molar refractivity (Wildman–Crippen MR) is 109 cm³/mol. The third-order valence-corrected chi connectivity index (χ3v) is 24.1. The van der Waals surface area contributed by atoms with Crippen LogP contribution in [-0.4, -0.2) is 25.8 Å². The fourth-order valence-electron chi connectivity index (χ4n) is 3.31. The van der Waals surface area contributed by atoms with Crippen LogP contribution in [0, 0.1) is 0 Å². The van der Waals surface area contributed by atoms with E-state index in [9.17, 15) is 0 Å². The molecule has 0 unspecified atom stereocenters. The summed E-state index contributed by atoms with van der Waals surface area (Å²) in [4.78, 5) is 0. The molecule has 24 heavy (non-hydrogen) atoms. The fourth-order valence-corrected chi connectivity index (χ4v) is 19.3. The molecule has 0 saturated heterocycles. The molecule has 0 bridgehead atoms. The maximum absolute atomic E-state index is 2.45. The monoisotopic (exact) mass is 446 g/mol. The second-order valence-electron chi connectivity index (χ2n) is 7.08. The number of hydrogen-bond acceptors (Lipinski definition) is 0. The van der Waals surface area contributed by atoms with Gasteiger partial charge in [-0.3, -0.25) is 0 Å². The zero-order chi connectivity index (χ0) is 17.0. The third kappa shape index (κ3) is 3.37. The summed E-state index contributed by atoms with van der Waals surface area (Å²) in [5.41, 5.74) is -1.86. The van der Waals surface area contributed by atoms with E-state index >= 15 is 0 Å². The molecule has 0 aliphatic rings. The van der Waals surface area contributed by atoms with Crippen molar-refractivity contribution in [2.24, 2.45) is 0 Å². The van der Waals surface area contributed by atoms with E-state index in [0.29, 0.717) is 0 Å². The van der Waals surface area contributed by atoms with Crippen LogP contribution in [0.25, 0.3) is 0 Å². The maximum atomic E-state index is 2.45. The average molecular weight is 444 g/mol. The molecule has 122 valence electrons. The fraction of sp³-hybridized carbons (Fsp3) is 0.182. The van der Waals surface area contributed by atoms with Crippen molar-refractivity contribution in [3.05, 3.63) is 91.0 Å². The zero-order valence-electron chi connectivity index (χ0n) is 14.6. The van der Waals surface area contributed by atoms with Gasteiger partial charge in [-0.2, -0.15) is 0 Å². The minimum absolute atomic E-state index is 0.272. The van der Waals surface area contributed by atoms with Crippen LogP contribution >= 0.6 is 0 Å². The quantitative estimate of drug-likeness (QED) is 0.540. The summed E-state index contributed by atoms with van der Waals surface area (Å²) in [5, 5.41) is 3.43. The molecule has 0 saturated carbocycles. The SMILES string of the molecule is CC(C)(C)[Si]([Te]c1ccccc1)(c1ccccc1)c1ccccc1. The Morgan fingerprint density at radius 2 is 0.958 bits per heavy atom. The molecule has 3 aromatic rings. The van der Waals surface area contributed by atoms with Crippen molar-refractivity contribution in [3.63, 3.8) is 0 Å². The summed E-state index contributed by atoms with van der Waals surface area (Å²) in [6.45, 7) is 7.35. The molecule has 0 amide bonds. The molecular weight excluding hydrogens is 420 g/mol. The van der Waals surface area contributed by atoms with Gasteiger partial charge >= 0.3 is 157 Å². The molecule has 0 aliphatic heterocycles. The van der Waals surface area contributed by atoms with Crippen molar-refractivity contribution in [1.29, 1.82) is 0 Å². The average Bonchev–Trinajstić information content (AvgIpc) is 2.61. The van der Waals surface area contributed by atoms with Crippen molar-refractivity contribution < 1.29 is 0 Å². The Balaban J connectivity index is 2.25. The van der Waals surface area contributed by atoms with Gasteiger partial charge in [-0.05, 0) is 0 Å². The normalized spacial score (nSPS) is 12.1. The molecule has 2 heteroatoms. The van der Waals surface area contributed by atoms with Crippen molar-refractivity contribution in [3.8, 4) is 0 Å². The third-order valence-electron chi connectivity index (χ3n) is 4.43. The van der Waals surface area contributed by atoms with Crippen LogP contribution in [0.2, 0.25) is 5.04 Å². The first-order valence-corrected chi connectivity index (χ1v) is 15.0. The van der Waals surface area contributed by atoms with Crippen LogP contribution in [-0.2, 0) is 0 Å². The van der Waals surface area contributed by atoms with Crippen molar-refractivity contribution in [2.45, 2.75) is 25.8 Å². The van der Waals surface area contributed by atoms with Crippen LogP contribution in [0.4, 0.5) is 0 Å². The summed E-state index contributed by atoms with van der Waals surface area (Å²) in [6, 6.07) is 33.8. The Kier molecular flexibility index (Phi) is 5.30. The Labute approximate surface area is 156 Å². The standard InChI is InChI=1S/C22H24SiTe/c1-22(2,3)23(19-13-7-4-8-14-19,20-15-9-5-10-16-20)24-21-17-11-6-12-18-21/h4-18H,1-3H3. The molecule has 0 atom stereocenters. The van der Waals surface area contributed by atoms with Gasteiger partial charge in [0.1, 0.15) is 0 Å². The number of hydrogen-bond donors (Lipinski definition) is 0. The molecule has 0 aliphatic carbocycles. The Morgan fingerprint density at radius 1 is 0.583 bits per heavy atom. The Bertz CT molecular complexity index is 722. The molecule has 0 heterocycles. The van der Waals surface area contributed by atoms with E-state index in [1.807, 2.05) is 0 Å². The first kappa shape index (κ1) is 17.5. The van der Waals surface area contributed by atoms with Gasteiger partial charge in [0.05, 0.1) is 0 Å². The molecule has 0 radical (unpaired) electrons. The van der Waals surface area contributed by atoms with E-state index in [2.05, 4.69) is 112 Å². The van der Waals surface area contributed by atoms with Gasteiger partial charge in [-0.15, -0.1) is 0 Å². The van der Waals surface area contributed by atoms with E-state index in [1.165, 1.54) is 0 Å². The van der Waals surface area contributed by atoms with Gasteiger partial charge in [-0.1, -0.05) is 0 Å². The van der Waals surface area contributed by atoms with Crippen molar-refractivity contribution >= 4 is 39.7 Å². The summed E-state index contributed by atoms with van der Waals surface area (Å²) in [6.07, 6.45) is 0. The first-order valence-electron chi connectivity index (χ1n) is 8.39. The van der Waals surface area contributed by atoms with Gasteiger partial charge < -0.3 is 0 Å². The molecular formula is C22H24SiTe. The van der Waals surface area contributed by atoms with Gasteiger partial charge in [0.2, 0.25) is 0 Å². The number of rotatable bonds is 4. The van der Waals surface area contributed by atoms with Crippen molar-refractivity contribution in [1.82, 2.24) is 0 Å². The summed E-state index contributed by atoms with van der Waals surface area (Å²) in [7, 11) is 0. The first-order chi connectivity index (χ1) is 11.5. The Morgan fingerprint density at radius 3 is 1.33 bits per heavy atom. The van der Waals surface area contributed by atoms with E-state index in [4.69, 9.17) is 0 Å². The van der Waals surface area contributed by atoms with Gasteiger partial charge in [0, 0.05) is 0 Å². The van der Waals surface area contributed by atoms with Gasteiger partial charge in [0.25, 0.3) is 0 Å². The molecule has 0 aromatic heterocycles. The van der Waals surface area contributed by atoms with Gasteiger partial charge in [0.15, 0.2) is 0 Å². The van der Waals surface area contributed by atoms with E-state index in [0.717, 1.165) is 0 Å². The molecule has 3 aromatic carbocycles. The molecule has 0 nitrogen and oxygen atoms in total. The molecule has 0 fully saturated rings. The van der Waals surface area contributed by atoms with Crippen molar-refractivity contribution in [2.75, 3.05) is 0 Å². The second kappa shape index (κ2) is 7.27. The van der Waals surface area contributed by atoms with E-state index in [-0.39, 0.29) is 25.2 Å². The van der Waals surface area contributed by atoms with Gasteiger partial charge in [-0.25, -0.2) is 0 Å². The molecule has 3 rings (SSSR count). The summed E-state index contributed by atoms with van der Waals surface area (Å²) >= 11 is -0.364. The zero-order valence-corrected chi connectivity index (χ0v) is 17.9. The number of benzene rings is 3. The minimum atomic E-state index is -1.86.